The molecule has 0 spiro atoms. The third-order valence-corrected chi connectivity index (χ3v) is 4.14. The van der Waals surface area contributed by atoms with Crippen LogP contribution in [0.3, 0.4) is 0 Å². The zero-order chi connectivity index (χ0) is 13.8. The van der Waals surface area contributed by atoms with Gasteiger partial charge in [0.05, 0.1) is 15.8 Å². The van der Waals surface area contributed by atoms with Crippen molar-refractivity contribution < 1.29 is 4.74 Å². The maximum atomic E-state index is 5.92. The summed E-state index contributed by atoms with van der Waals surface area (Å²) in [5, 5.41) is 7.69. The van der Waals surface area contributed by atoms with Crippen LogP contribution in [0.2, 0.25) is 10.0 Å². The van der Waals surface area contributed by atoms with Gasteiger partial charge in [0.25, 0.3) is 0 Å². The second-order valence-corrected chi connectivity index (χ2v) is 6.21. The average molecular weight is 336 g/mol. The number of H-pyrrole nitrogens is 2. The molecule has 8 heteroatoms. The molecule has 0 aliphatic rings. The molecule has 102 valence electrons. The summed E-state index contributed by atoms with van der Waals surface area (Å²) in [6.45, 7) is 1.95. The van der Waals surface area contributed by atoms with E-state index in [1.165, 1.54) is 0 Å². The van der Waals surface area contributed by atoms with Crippen molar-refractivity contribution in [1.29, 1.82) is 0 Å². The number of benzene rings is 1. The zero-order valence-corrected chi connectivity index (χ0v) is 13.1. The van der Waals surface area contributed by atoms with Crippen LogP contribution in [0.15, 0.2) is 18.2 Å². The largest absolute Gasteiger partial charge is 0.480 e. The van der Waals surface area contributed by atoms with E-state index in [1.54, 1.807) is 30.0 Å². The third-order valence-electron chi connectivity index (χ3n) is 2.20. The summed E-state index contributed by atoms with van der Waals surface area (Å²) in [4.78, 5) is 2.95. The Balaban J connectivity index is 1.88. The van der Waals surface area contributed by atoms with Crippen molar-refractivity contribution in [1.82, 2.24) is 15.2 Å². The number of aromatic amines is 2. The van der Waals surface area contributed by atoms with Gasteiger partial charge in [-0.3, -0.25) is 5.10 Å². The van der Waals surface area contributed by atoms with Crippen molar-refractivity contribution >= 4 is 47.2 Å². The SMILES string of the molecule is CC(Oc1ccc(Cl)c(Cl)c1)SCc1n[nH]c(=S)[nH]1. The molecule has 0 bridgehead atoms. The van der Waals surface area contributed by atoms with E-state index in [0.717, 1.165) is 5.82 Å². The summed E-state index contributed by atoms with van der Waals surface area (Å²) in [6, 6.07) is 5.19. The van der Waals surface area contributed by atoms with Crippen molar-refractivity contribution in [2.45, 2.75) is 18.1 Å². The number of rotatable bonds is 5. The van der Waals surface area contributed by atoms with E-state index in [-0.39, 0.29) is 5.44 Å². The molecule has 0 saturated carbocycles. The van der Waals surface area contributed by atoms with Gasteiger partial charge in [-0.15, -0.1) is 11.8 Å². The van der Waals surface area contributed by atoms with Crippen LogP contribution >= 0.6 is 47.2 Å². The highest BCUT2D eigenvalue weighted by atomic mass is 35.5. The molecule has 2 N–H and O–H groups in total. The van der Waals surface area contributed by atoms with E-state index < -0.39 is 0 Å². The molecule has 1 aromatic heterocycles. The second kappa shape index (κ2) is 6.65. The summed E-state index contributed by atoms with van der Waals surface area (Å²) in [6.07, 6.45) is 0. The number of hydrogen-bond donors (Lipinski definition) is 2. The first-order valence-corrected chi connectivity index (χ1v) is 7.63. The van der Waals surface area contributed by atoms with Crippen LogP contribution in [0.5, 0.6) is 5.75 Å². The summed E-state index contributed by atoms with van der Waals surface area (Å²) in [5.41, 5.74) is -0.0455. The first-order chi connectivity index (χ1) is 9.04. The molecule has 0 aliphatic carbocycles. The van der Waals surface area contributed by atoms with Crippen molar-refractivity contribution in [3.05, 3.63) is 38.8 Å². The Hall–Kier alpha value is -0.690. The van der Waals surface area contributed by atoms with Gasteiger partial charge >= 0.3 is 0 Å². The molecule has 0 fully saturated rings. The van der Waals surface area contributed by atoms with Crippen molar-refractivity contribution in [2.24, 2.45) is 0 Å². The lowest BCUT2D eigenvalue weighted by Gasteiger charge is -2.13. The van der Waals surface area contributed by atoms with Gasteiger partial charge in [-0.2, -0.15) is 5.10 Å². The minimum absolute atomic E-state index is 0.0455. The first-order valence-electron chi connectivity index (χ1n) is 5.41. The lowest BCUT2D eigenvalue weighted by atomic mass is 10.3. The predicted octanol–water partition coefficient (Wildman–Crippen LogP) is 4.43. The molecule has 2 aromatic rings. The predicted molar refractivity (Wildman–Crippen MR) is 81.6 cm³/mol. The molecule has 0 radical (unpaired) electrons. The fourth-order valence-corrected chi connectivity index (χ4v) is 2.51. The molecule has 19 heavy (non-hydrogen) atoms. The Labute approximate surface area is 129 Å². The first kappa shape index (κ1) is 14.7. The number of aromatic nitrogens is 3. The minimum Gasteiger partial charge on any atom is -0.480 e. The van der Waals surface area contributed by atoms with Gasteiger partial charge in [-0.25, -0.2) is 0 Å². The number of nitrogens with zero attached hydrogens (tertiary/aromatic N) is 1. The lowest BCUT2D eigenvalue weighted by Crippen LogP contribution is -2.07. The molecule has 1 aromatic carbocycles. The van der Waals surface area contributed by atoms with E-state index >= 15 is 0 Å². The zero-order valence-electron chi connectivity index (χ0n) is 9.94. The van der Waals surface area contributed by atoms with Gasteiger partial charge < -0.3 is 9.72 Å². The van der Waals surface area contributed by atoms with Crippen LogP contribution in [0.1, 0.15) is 12.7 Å². The van der Waals surface area contributed by atoms with E-state index in [9.17, 15) is 0 Å². The third kappa shape index (κ3) is 4.42. The summed E-state index contributed by atoms with van der Waals surface area (Å²) in [5.74, 6) is 2.15. The molecule has 1 unspecified atom stereocenters. The summed E-state index contributed by atoms with van der Waals surface area (Å²) >= 11 is 18.3. The van der Waals surface area contributed by atoms with Gasteiger partial charge in [-0.05, 0) is 31.3 Å². The Bertz CT molecular complexity index is 614. The van der Waals surface area contributed by atoms with Gasteiger partial charge in [-0.1, -0.05) is 23.2 Å². The topological polar surface area (TPSA) is 53.7 Å². The smallest absolute Gasteiger partial charge is 0.192 e. The highest BCUT2D eigenvalue weighted by Crippen LogP contribution is 2.28. The molecule has 1 heterocycles. The number of thioether (sulfide) groups is 1. The highest BCUT2D eigenvalue weighted by molar-refractivity contribution is 7.98. The van der Waals surface area contributed by atoms with Gasteiger partial charge in [0.2, 0.25) is 0 Å². The number of nitrogens with one attached hydrogen (secondary N) is 2. The molecule has 4 nitrogen and oxygen atoms in total. The van der Waals surface area contributed by atoms with Gasteiger partial charge in [0.1, 0.15) is 17.0 Å². The number of ether oxygens (including phenoxy) is 1. The molecule has 0 amide bonds. The van der Waals surface area contributed by atoms with Crippen LogP contribution in [-0.2, 0) is 5.75 Å². The van der Waals surface area contributed by atoms with Crippen molar-refractivity contribution in [3.8, 4) is 5.75 Å². The Morgan fingerprint density at radius 1 is 1.42 bits per heavy atom. The Kier molecular flexibility index (Phi) is 5.15. The molecule has 0 saturated heterocycles. The minimum atomic E-state index is -0.0455. The maximum absolute atomic E-state index is 5.92. The van der Waals surface area contributed by atoms with Crippen LogP contribution in [0.4, 0.5) is 0 Å². The fourth-order valence-electron chi connectivity index (χ4n) is 1.35. The average Bonchev–Trinajstić information content (AvgIpc) is 2.77. The summed E-state index contributed by atoms with van der Waals surface area (Å²) in [7, 11) is 0. The molecule has 2 rings (SSSR count). The van der Waals surface area contributed by atoms with Crippen LogP contribution in [-0.4, -0.2) is 20.6 Å². The molecule has 1 atom stereocenters. The highest BCUT2D eigenvalue weighted by Gasteiger charge is 2.08. The second-order valence-electron chi connectivity index (χ2n) is 3.70. The molecular weight excluding hydrogens is 325 g/mol. The van der Waals surface area contributed by atoms with E-state index in [2.05, 4.69) is 15.2 Å². The van der Waals surface area contributed by atoms with E-state index in [0.29, 0.717) is 26.3 Å². The van der Waals surface area contributed by atoms with Crippen LogP contribution in [0.25, 0.3) is 0 Å². The van der Waals surface area contributed by atoms with E-state index in [4.69, 9.17) is 40.2 Å². The standard InChI is InChI=1S/C11H11Cl2N3OS2/c1-6(19-5-10-14-11(18)16-15-10)17-7-2-3-8(12)9(13)4-7/h2-4,6H,5H2,1H3,(H2,14,15,16,18). The van der Waals surface area contributed by atoms with Crippen LogP contribution < -0.4 is 4.74 Å². The Morgan fingerprint density at radius 3 is 2.84 bits per heavy atom. The number of hydrogen-bond acceptors (Lipinski definition) is 4. The van der Waals surface area contributed by atoms with Gasteiger partial charge in [0, 0.05) is 6.07 Å². The van der Waals surface area contributed by atoms with Crippen molar-refractivity contribution in [2.75, 3.05) is 0 Å². The quantitative estimate of drug-likeness (QED) is 0.626. The molecule has 0 aliphatic heterocycles. The Morgan fingerprint density at radius 2 is 2.21 bits per heavy atom. The van der Waals surface area contributed by atoms with Gasteiger partial charge in [0.15, 0.2) is 4.77 Å². The van der Waals surface area contributed by atoms with Crippen molar-refractivity contribution in [3.63, 3.8) is 0 Å². The number of halogens is 2. The molecular formula is C11H11Cl2N3OS2. The summed E-state index contributed by atoms with van der Waals surface area (Å²) < 4.78 is 6.24. The van der Waals surface area contributed by atoms with E-state index in [1.807, 2.05) is 6.92 Å². The lowest BCUT2D eigenvalue weighted by molar-refractivity contribution is 0.307. The maximum Gasteiger partial charge on any atom is 0.192 e. The normalized spacial score (nSPS) is 12.4. The fraction of sp³-hybridized carbons (Fsp3) is 0.273. The monoisotopic (exact) mass is 335 g/mol. The van der Waals surface area contributed by atoms with Crippen LogP contribution in [0, 0.1) is 4.77 Å².